The highest BCUT2D eigenvalue weighted by molar-refractivity contribution is 9.09. The Labute approximate surface area is 117 Å². The Hall–Kier alpha value is -0.110. The van der Waals surface area contributed by atoms with Crippen LogP contribution in [0.1, 0.15) is 38.5 Å². The topological polar surface area (TPSA) is 42.2 Å². The number of rotatable bonds is 3. The summed E-state index contributed by atoms with van der Waals surface area (Å²) < 4.78 is 12.2. The molecular formula is C14H20BrNO2. The smallest absolute Gasteiger partial charge is 0.169 e. The van der Waals surface area contributed by atoms with Crippen molar-refractivity contribution in [3.8, 4) is 6.07 Å². The van der Waals surface area contributed by atoms with Gasteiger partial charge in [0.2, 0.25) is 0 Å². The molecule has 4 heteroatoms. The second-order valence-corrected chi connectivity index (χ2v) is 6.71. The van der Waals surface area contributed by atoms with Crippen LogP contribution < -0.4 is 0 Å². The van der Waals surface area contributed by atoms with Gasteiger partial charge in [0.15, 0.2) is 5.79 Å². The first kappa shape index (κ1) is 12.9. The molecular weight excluding hydrogens is 294 g/mol. The van der Waals surface area contributed by atoms with Crippen LogP contribution in [0.4, 0.5) is 0 Å². The molecule has 0 aromatic heterocycles. The van der Waals surface area contributed by atoms with E-state index in [-0.39, 0.29) is 11.7 Å². The molecule has 1 heterocycles. The second-order valence-electron chi connectivity index (χ2n) is 5.92. The fourth-order valence-corrected chi connectivity index (χ4v) is 4.02. The number of alkyl halides is 1. The predicted molar refractivity (Wildman–Crippen MR) is 71.1 cm³/mol. The molecule has 3 aliphatic rings. The first-order valence-corrected chi connectivity index (χ1v) is 8.16. The number of hydrogen-bond donors (Lipinski definition) is 0. The first-order valence-electron chi connectivity index (χ1n) is 7.04. The van der Waals surface area contributed by atoms with Gasteiger partial charge in [0.05, 0.1) is 18.8 Å². The van der Waals surface area contributed by atoms with E-state index in [1.54, 1.807) is 0 Å². The van der Waals surface area contributed by atoms with Crippen LogP contribution in [0.2, 0.25) is 0 Å². The summed E-state index contributed by atoms with van der Waals surface area (Å²) >= 11 is 3.51. The molecule has 100 valence electrons. The molecule has 3 rings (SSSR count). The summed E-state index contributed by atoms with van der Waals surface area (Å²) in [6, 6.07) is 2.36. The van der Waals surface area contributed by atoms with Gasteiger partial charge < -0.3 is 9.47 Å². The van der Waals surface area contributed by atoms with Gasteiger partial charge in [0.25, 0.3) is 0 Å². The maximum Gasteiger partial charge on any atom is 0.169 e. The number of hydrogen-bond acceptors (Lipinski definition) is 3. The van der Waals surface area contributed by atoms with Crippen LogP contribution in [0.25, 0.3) is 0 Å². The third-order valence-electron chi connectivity index (χ3n) is 4.74. The maximum atomic E-state index is 8.93. The number of nitriles is 1. The monoisotopic (exact) mass is 313 g/mol. The summed E-state index contributed by atoms with van der Waals surface area (Å²) in [5, 5.41) is 10.0. The minimum Gasteiger partial charge on any atom is -0.347 e. The van der Waals surface area contributed by atoms with Crippen LogP contribution in [0.15, 0.2) is 0 Å². The zero-order valence-electron chi connectivity index (χ0n) is 10.6. The normalized spacial score (nSPS) is 47.1. The molecule has 18 heavy (non-hydrogen) atoms. The van der Waals surface area contributed by atoms with Gasteiger partial charge >= 0.3 is 0 Å². The molecule has 0 radical (unpaired) electrons. The summed E-state index contributed by atoms with van der Waals surface area (Å²) in [5.41, 5.74) is 0. The number of halogens is 1. The average molecular weight is 314 g/mol. The minimum absolute atomic E-state index is 0.212. The van der Waals surface area contributed by atoms with E-state index >= 15 is 0 Å². The van der Waals surface area contributed by atoms with Gasteiger partial charge in [0, 0.05) is 24.1 Å². The highest BCUT2D eigenvalue weighted by Gasteiger charge is 2.52. The zero-order chi connectivity index (χ0) is 12.6. The SMILES string of the molecule is N#CC1CCC2(CC1)OCC(C1CC1CCBr)O2. The van der Waals surface area contributed by atoms with E-state index in [1.165, 1.54) is 12.8 Å². The highest BCUT2D eigenvalue weighted by atomic mass is 79.9. The van der Waals surface area contributed by atoms with Crippen molar-refractivity contribution in [1.29, 1.82) is 5.26 Å². The molecule has 0 amide bonds. The van der Waals surface area contributed by atoms with Crippen LogP contribution >= 0.6 is 15.9 Å². The van der Waals surface area contributed by atoms with E-state index in [0.29, 0.717) is 6.10 Å². The lowest BCUT2D eigenvalue weighted by atomic mass is 9.86. The van der Waals surface area contributed by atoms with Gasteiger partial charge in [-0.1, -0.05) is 15.9 Å². The lowest BCUT2D eigenvalue weighted by Crippen LogP contribution is -2.35. The van der Waals surface area contributed by atoms with Gasteiger partial charge in [-0.25, -0.2) is 0 Å². The fraction of sp³-hybridized carbons (Fsp3) is 0.929. The number of ether oxygens (including phenoxy) is 2. The van der Waals surface area contributed by atoms with Crippen molar-refractivity contribution in [1.82, 2.24) is 0 Å². The Morgan fingerprint density at radius 1 is 1.33 bits per heavy atom. The Balaban J connectivity index is 1.52. The third-order valence-corrected chi connectivity index (χ3v) is 5.20. The summed E-state index contributed by atoms with van der Waals surface area (Å²) in [7, 11) is 0. The molecule has 0 N–H and O–H groups in total. The van der Waals surface area contributed by atoms with Crippen molar-refractivity contribution in [3.05, 3.63) is 0 Å². The molecule has 1 aliphatic heterocycles. The second kappa shape index (κ2) is 5.11. The van der Waals surface area contributed by atoms with Crippen LogP contribution in [-0.4, -0.2) is 23.8 Å². The Bertz CT molecular complexity index is 346. The van der Waals surface area contributed by atoms with Crippen molar-refractivity contribution in [2.75, 3.05) is 11.9 Å². The highest BCUT2D eigenvalue weighted by Crippen LogP contribution is 2.50. The van der Waals surface area contributed by atoms with E-state index in [0.717, 1.165) is 49.5 Å². The van der Waals surface area contributed by atoms with E-state index < -0.39 is 0 Å². The summed E-state index contributed by atoms with van der Waals surface area (Å²) in [6.45, 7) is 0.765. The van der Waals surface area contributed by atoms with E-state index in [9.17, 15) is 0 Å². The van der Waals surface area contributed by atoms with Crippen LogP contribution in [0, 0.1) is 29.1 Å². The Morgan fingerprint density at radius 2 is 2.11 bits per heavy atom. The van der Waals surface area contributed by atoms with Gasteiger partial charge in [0.1, 0.15) is 0 Å². The maximum absolute atomic E-state index is 8.93. The van der Waals surface area contributed by atoms with Crippen molar-refractivity contribution in [3.63, 3.8) is 0 Å². The van der Waals surface area contributed by atoms with Crippen molar-refractivity contribution < 1.29 is 9.47 Å². The molecule has 2 saturated carbocycles. The number of nitrogens with zero attached hydrogens (tertiary/aromatic N) is 1. The summed E-state index contributed by atoms with van der Waals surface area (Å²) in [5.74, 6) is 1.43. The van der Waals surface area contributed by atoms with Gasteiger partial charge in [-0.05, 0) is 37.5 Å². The molecule has 0 aromatic carbocycles. The third kappa shape index (κ3) is 2.45. The van der Waals surface area contributed by atoms with Crippen molar-refractivity contribution in [2.24, 2.45) is 17.8 Å². The molecule has 3 atom stereocenters. The molecule has 3 nitrogen and oxygen atoms in total. The quantitative estimate of drug-likeness (QED) is 0.751. The van der Waals surface area contributed by atoms with E-state index in [2.05, 4.69) is 22.0 Å². The largest absolute Gasteiger partial charge is 0.347 e. The minimum atomic E-state index is -0.334. The lowest BCUT2D eigenvalue weighted by molar-refractivity contribution is -0.192. The van der Waals surface area contributed by atoms with Crippen molar-refractivity contribution in [2.45, 2.75) is 50.4 Å². The van der Waals surface area contributed by atoms with Gasteiger partial charge in [-0.3, -0.25) is 0 Å². The molecule has 1 spiro atoms. The standard InChI is InChI=1S/C14H20BrNO2/c15-6-3-11-7-12(11)13-9-17-14(18-13)4-1-10(8-16)2-5-14/h10-13H,1-7,9H2. The summed E-state index contributed by atoms with van der Waals surface area (Å²) in [4.78, 5) is 0. The molecule has 1 saturated heterocycles. The molecule has 3 fully saturated rings. The Morgan fingerprint density at radius 3 is 2.78 bits per heavy atom. The van der Waals surface area contributed by atoms with Gasteiger partial charge in [-0.2, -0.15) is 5.26 Å². The van der Waals surface area contributed by atoms with Crippen LogP contribution in [0.5, 0.6) is 0 Å². The molecule has 0 aromatic rings. The fourth-order valence-electron chi connectivity index (χ4n) is 3.44. The molecule has 3 unspecified atom stereocenters. The van der Waals surface area contributed by atoms with Crippen LogP contribution in [-0.2, 0) is 9.47 Å². The van der Waals surface area contributed by atoms with E-state index in [4.69, 9.17) is 14.7 Å². The van der Waals surface area contributed by atoms with Crippen molar-refractivity contribution >= 4 is 15.9 Å². The predicted octanol–water partition coefficient (Wildman–Crippen LogP) is 3.23. The zero-order valence-corrected chi connectivity index (χ0v) is 12.2. The summed E-state index contributed by atoms with van der Waals surface area (Å²) in [6.07, 6.45) is 6.53. The van der Waals surface area contributed by atoms with Crippen LogP contribution in [0.3, 0.4) is 0 Å². The van der Waals surface area contributed by atoms with E-state index in [1.807, 2.05) is 0 Å². The molecule has 0 bridgehead atoms. The average Bonchev–Trinajstić information content (AvgIpc) is 3.05. The first-order chi connectivity index (χ1) is 8.76. The van der Waals surface area contributed by atoms with Gasteiger partial charge in [-0.15, -0.1) is 0 Å². The molecule has 2 aliphatic carbocycles. The lowest BCUT2D eigenvalue weighted by Gasteiger charge is -2.33. The Kier molecular flexibility index (Phi) is 3.66.